The number of carbonyl (C=O) groups is 4. The number of anilines is 2. The molecule has 4 heterocycles. The number of nitrogens with one attached hydrogen (secondary N) is 2. The predicted octanol–water partition coefficient (Wildman–Crippen LogP) is 4.55. The number of ether oxygens (including phenoxy) is 2. The minimum atomic E-state index is -0.680. The molecule has 0 saturated carbocycles. The summed E-state index contributed by atoms with van der Waals surface area (Å²) >= 11 is 0. The maximum atomic E-state index is 13.8. The van der Waals surface area contributed by atoms with E-state index in [-0.39, 0.29) is 48.4 Å². The van der Waals surface area contributed by atoms with Crippen molar-refractivity contribution in [1.82, 2.24) is 33.8 Å². The molecular formula is C45H57N13O6. The molecule has 0 bridgehead atoms. The summed E-state index contributed by atoms with van der Waals surface area (Å²) in [6.45, 7) is 10.6. The largest absolute Gasteiger partial charge is 0.494 e. The molecular weight excluding hydrogens is 819 g/mol. The van der Waals surface area contributed by atoms with Gasteiger partial charge >= 0.3 is 0 Å². The maximum Gasteiger partial charge on any atom is 0.276 e. The van der Waals surface area contributed by atoms with Crippen LogP contribution in [-0.2, 0) is 24.4 Å². The third-order valence-corrected chi connectivity index (χ3v) is 10.8. The van der Waals surface area contributed by atoms with Gasteiger partial charge in [-0.1, -0.05) is 24.3 Å². The van der Waals surface area contributed by atoms with Gasteiger partial charge in [0.25, 0.3) is 11.8 Å². The first-order valence-corrected chi connectivity index (χ1v) is 21.2. The lowest BCUT2D eigenvalue weighted by atomic mass is 9.94. The molecule has 2 aromatic carbocycles. The van der Waals surface area contributed by atoms with Gasteiger partial charge in [-0.05, 0) is 109 Å². The Hall–Kier alpha value is -7.28. The van der Waals surface area contributed by atoms with Crippen molar-refractivity contribution >= 4 is 63.3 Å². The zero-order chi connectivity index (χ0) is 46.1. The number of amides is 4. The Morgan fingerprint density at radius 1 is 0.844 bits per heavy atom. The SMILES string of the molecule is CCN=C(/C=C(/C)N)C(=O)Nc1nc2cc(C(N)=O)cc(OC)c2n1C/C=C/Cn1c(NC(=O)c2cc(C)nn2CC)nc2cc(C(N)=O)cc(OC/C=C/CC3CCN(C)CC3)c21. The fourth-order valence-electron chi connectivity index (χ4n) is 7.58. The molecule has 0 radical (unpaired) electrons. The number of aromatic nitrogens is 6. The Kier molecular flexibility index (Phi) is 15.0. The predicted molar refractivity (Wildman–Crippen MR) is 247 cm³/mol. The number of likely N-dealkylation sites (tertiary alicyclic amines) is 1. The van der Waals surface area contributed by atoms with E-state index in [1.165, 1.54) is 25.3 Å². The van der Waals surface area contributed by atoms with Gasteiger partial charge in [-0.2, -0.15) is 5.10 Å². The number of benzene rings is 2. The van der Waals surface area contributed by atoms with Gasteiger partial charge in [0.15, 0.2) is 0 Å². The number of hydrogen-bond acceptors (Lipinski definition) is 12. The van der Waals surface area contributed by atoms with E-state index in [0.29, 0.717) is 69.7 Å². The minimum absolute atomic E-state index is 0.102. The maximum absolute atomic E-state index is 13.8. The number of aryl methyl sites for hydroxylation is 2. The van der Waals surface area contributed by atoms with Crippen LogP contribution in [0.3, 0.4) is 0 Å². The van der Waals surface area contributed by atoms with E-state index < -0.39 is 23.6 Å². The average molecular weight is 876 g/mol. The number of rotatable bonds is 19. The molecule has 19 nitrogen and oxygen atoms in total. The summed E-state index contributed by atoms with van der Waals surface area (Å²) in [5.41, 5.74) is 20.9. The van der Waals surface area contributed by atoms with Crippen LogP contribution in [0.25, 0.3) is 22.1 Å². The van der Waals surface area contributed by atoms with E-state index in [1.807, 2.05) is 32.1 Å². The zero-order valence-corrected chi connectivity index (χ0v) is 37.2. The molecule has 1 fully saturated rings. The van der Waals surface area contributed by atoms with E-state index in [0.717, 1.165) is 32.4 Å². The molecule has 338 valence electrons. The fourth-order valence-corrected chi connectivity index (χ4v) is 7.58. The van der Waals surface area contributed by atoms with E-state index in [2.05, 4.69) is 43.7 Å². The van der Waals surface area contributed by atoms with Gasteiger partial charge in [-0.3, -0.25) is 39.5 Å². The number of primary amides is 2. The van der Waals surface area contributed by atoms with Crippen LogP contribution < -0.4 is 37.3 Å². The van der Waals surface area contributed by atoms with Gasteiger partial charge in [0.1, 0.15) is 40.5 Å². The quantitative estimate of drug-likeness (QED) is 0.0568. The molecule has 6 rings (SSSR count). The molecule has 4 amide bonds. The van der Waals surface area contributed by atoms with Crippen LogP contribution in [-0.4, -0.2) is 104 Å². The first-order chi connectivity index (χ1) is 30.7. The van der Waals surface area contributed by atoms with Crippen molar-refractivity contribution in [3.8, 4) is 11.5 Å². The van der Waals surface area contributed by atoms with Crippen LogP contribution in [0, 0.1) is 12.8 Å². The number of methoxy groups -OCH3 is 1. The minimum Gasteiger partial charge on any atom is -0.494 e. The molecule has 0 unspecified atom stereocenters. The lowest BCUT2D eigenvalue weighted by Crippen LogP contribution is -2.29. The van der Waals surface area contributed by atoms with Crippen molar-refractivity contribution in [2.45, 2.75) is 66.6 Å². The van der Waals surface area contributed by atoms with Crippen molar-refractivity contribution in [3.05, 3.63) is 88.9 Å². The Morgan fingerprint density at radius 3 is 2.00 bits per heavy atom. The Labute approximate surface area is 371 Å². The van der Waals surface area contributed by atoms with Crippen molar-refractivity contribution in [2.75, 3.05) is 51.0 Å². The highest BCUT2D eigenvalue weighted by atomic mass is 16.5. The number of carbonyl (C=O) groups excluding carboxylic acids is 4. The Balaban J connectivity index is 1.38. The third-order valence-electron chi connectivity index (χ3n) is 10.8. The van der Waals surface area contributed by atoms with Crippen molar-refractivity contribution in [2.24, 2.45) is 28.1 Å². The fraction of sp³-hybridized carbons (Fsp3) is 0.378. The number of hydrogen-bond donors (Lipinski definition) is 5. The highest BCUT2D eigenvalue weighted by Gasteiger charge is 2.23. The average Bonchev–Trinajstić information content (AvgIpc) is 3.93. The zero-order valence-electron chi connectivity index (χ0n) is 37.2. The summed E-state index contributed by atoms with van der Waals surface area (Å²) in [5, 5.41) is 10.2. The van der Waals surface area contributed by atoms with Crippen molar-refractivity contribution < 1.29 is 28.7 Å². The van der Waals surface area contributed by atoms with Crippen LogP contribution in [0.15, 0.2) is 71.4 Å². The second-order valence-electron chi connectivity index (χ2n) is 15.6. The van der Waals surface area contributed by atoms with Crippen molar-refractivity contribution in [1.29, 1.82) is 0 Å². The molecule has 0 atom stereocenters. The molecule has 1 saturated heterocycles. The second-order valence-corrected chi connectivity index (χ2v) is 15.6. The number of allylic oxidation sites excluding steroid dienone is 4. The van der Waals surface area contributed by atoms with E-state index in [9.17, 15) is 19.2 Å². The molecule has 1 aliphatic heterocycles. The molecule has 8 N–H and O–H groups in total. The summed E-state index contributed by atoms with van der Waals surface area (Å²) in [6.07, 6.45) is 12.5. The van der Waals surface area contributed by atoms with E-state index in [4.69, 9.17) is 31.7 Å². The molecule has 19 heteroatoms. The van der Waals surface area contributed by atoms with Gasteiger partial charge < -0.3 is 40.7 Å². The van der Waals surface area contributed by atoms with Gasteiger partial charge in [-0.25, -0.2) is 9.97 Å². The molecule has 0 spiro atoms. The molecule has 0 aliphatic carbocycles. The Bertz CT molecular complexity index is 2670. The highest BCUT2D eigenvalue weighted by molar-refractivity contribution is 6.47. The molecule has 5 aromatic rings. The third kappa shape index (κ3) is 10.8. The number of fused-ring (bicyclic) bond motifs is 2. The van der Waals surface area contributed by atoms with Crippen LogP contribution in [0.2, 0.25) is 0 Å². The van der Waals surface area contributed by atoms with E-state index in [1.54, 1.807) is 45.9 Å². The molecule has 3 aromatic heterocycles. The van der Waals surface area contributed by atoms with Gasteiger partial charge in [0, 0.05) is 43.0 Å². The molecule has 64 heavy (non-hydrogen) atoms. The summed E-state index contributed by atoms with van der Waals surface area (Å²) < 4.78 is 17.1. The monoisotopic (exact) mass is 875 g/mol. The standard InChI is InChI=1S/C45H57N13O6/c1-7-49-34(21-27(3)46)42(61)52-44-50-32-23-30(40(47)59)25-36(63-6)38(32)56(44)16-10-11-17-57-39-33(51-45(57)53-43(62)35-22-28(4)54-58(35)8-2)24-31(41(48)60)26-37(39)64-20-12-9-13-29-14-18-55(5)19-15-29/h9-12,21-26,29H,7-8,13-20,46H2,1-6H3,(H2,47,59)(H2,48,60)(H,50,52,61)(H,51,53,62)/b11-10+,12-9+,27-21-,49-34?. The van der Waals surface area contributed by atoms with Crippen molar-refractivity contribution in [3.63, 3.8) is 0 Å². The number of imidazole rings is 2. The summed E-state index contributed by atoms with van der Waals surface area (Å²) in [6, 6.07) is 7.86. The van der Waals surface area contributed by atoms with Crippen LogP contribution in [0.5, 0.6) is 11.5 Å². The first kappa shape index (κ1) is 46.2. The van der Waals surface area contributed by atoms with Gasteiger partial charge in [-0.15, -0.1) is 0 Å². The van der Waals surface area contributed by atoms with Crippen LogP contribution in [0.4, 0.5) is 11.9 Å². The molecule has 1 aliphatic rings. The second kappa shape index (κ2) is 20.7. The smallest absolute Gasteiger partial charge is 0.276 e. The normalized spacial score (nSPS) is 14.3. The summed E-state index contributed by atoms with van der Waals surface area (Å²) in [7, 11) is 3.59. The summed E-state index contributed by atoms with van der Waals surface area (Å²) in [4.78, 5) is 68.3. The van der Waals surface area contributed by atoms with Crippen LogP contribution in [0.1, 0.15) is 76.9 Å². The number of aliphatic imine (C=N–C) groups is 1. The topological polar surface area (TPSA) is 258 Å². The number of nitrogens with two attached hydrogens (primary N) is 3. The van der Waals surface area contributed by atoms with E-state index >= 15 is 0 Å². The highest BCUT2D eigenvalue weighted by Crippen LogP contribution is 2.33. The first-order valence-electron chi connectivity index (χ1n) is 21.2. The Morgan fingerprint density at radius 2 is 1.44 bits per heavy atom. The lowest BCUT2D eigenvalue weighted by Gasteiger charge is -2.28. The van der Waals surface area contributed by atoms with Gasteiger partial charge in [0.05, 0.1) is 23.8 Å². The summed E-state index contributed by atoms with van der Waals surface area (Å²) in [5.74, 6) is -0.756. The lowest BCUT2D eigenvalue weighted by molar-refractivity contribution is -0.110. The van der Waals surface area contributed by atoms with Gasteiger partial charge in [0.2, 0.25) is 23.7 Å². The number of nitrogens with zero attached hydrogens (tertiary/aromatic N) is 8. The number of piperidine rings is 1. The van der Waals surface area contributed by atoms with Crippen LogP contribution >= 0.6 is 0 Å².